The van der Waals surface area contributed by atoms with Gasteiger partial charge in [0.1, 0.15) is 0 Å². The van der Waals surface area contributed by atoms with Crippen LogP contribution in [0, 0.1) is 13.8 Å². The molecule has 0 fully saturated rings. The van der Waals surface area contributed by atoms with E-state index < -0.39 is 0 Å². The summed E-state index contributed by atoms with van der Waals surface area (Å²) in [6.45, 7) is 4.38. The van der Waals surface area contributed by atoms with Crippen LogP contribution in [-0.2, 0) is 4.74 Å². The molecule has 0 amide bonds. The zero-order valence-electron chi connectivity index (χ0n) is 8.91. The summed E-state index contributed by atoms with van der Waals surface area (Å²) in [6, 6.07) is 3.58. The van der Waals surface area contributed by atoms with Crippen molar-refractivity contribution in [3.63, 3.8) is 0 Å². The predicted octanol–water partition coefficient (Wildman–Crippen LogP) is 2.19. The van der Waals surface area contributed by atoms with E-state index >= 15 is 0 Å². The van der Waals surface area contributed by atoms with Crippen LogP contribution in [0.1, 0.15) is 28.2 Å². The van der Waals surface area contributed by atoms with Crippen molar-refractivity contribution < 1.29 is 9.53 Å². The first kappa shape index (κ1) is 9.90. The molecule has 0 N–H and O–H groups in total. The third-order valence-electron chi connectivity index (χ3n) is 2.27. The van der Waals surface area contributed by atoms with Crippen LogP contribution in [0.15, 0.2) is 24.0 Å². The SMILES string of the molecule is Cc1cc(C(=O)C2=CCCO2)cc(C)n1. The minimum Gasteiger partial charge on any atom is -0.489 e. The van der Waals surface area contributed by atoms with Crippen LogP contribution in [0.2, 0.25) is 0 Å². The van der Waals surface area contributed by atoms with Crippen LogP contribution >= 0.6 is 0 Å². The summed E-state index contributed by atoms with van der Waals surface area (Å²) in [5.74, 6) is 0.432. The van der Waals surface area contributed by atoms with Crippen molar-refractivity contribution in [3.8, 4) is 0 Å². The van der Waals surface area contributed by atoms with Gasteiger partial charge in [0.25, 0.3) is 0 Å². The van der Waals surface area contributed by atoms with Crippen LogP contribution < -0.4 is 0 Å². The van der Waals surface area contributed by atoms with Gasteiger partial charge in [0.05, 0.1) is 6.61 Å². The maximum absolute atomic E-state index is 11.9. The molecule has 3 nitrogen and oxygen atoms in total. The average molecular weight is 203 g/mol. The minimum absolute atomic E-state index is 0.0406. The number of aryl methyl sites for hydroxylation is 2. The number of ketones is 1. The first-order chi connectivity index (χ1) is 7.16. The molecule has 78 valence electrons. The van der Waals surface area contributed by atoms with Gasteiger partial charge < -0.3 is 4.74 Å². The molecule has 0 bridgehead atoms. The number of ether oxygens (including phenoxy) is 1. The number of hydrogen-bond donors (Lipinski definition) is 0. The lowest BCUT2D eigenvalue weighted by molar-refractivity contribution is 0.0942. The van der Waals surface area contributed by atoms with Gasteiger partial charge in [-0.05, 0) is 32.1 Å². The summed E-state index contributed by atoms with van der Waals surface area (Å²) in [5, 5.41) is 0. The van der Waals surface area contributed by atoms with Gasteiger partial charge in [-0.15, -0.1) is 0 Å². The molecule has 1 aromatic rings. The number of pyridine rings is 1. The Morgan fingerprint density at radius 2 is 2.00 bits per heavy atom. The van der Waals surface area contributed by atoms with E-state index in [2.05, 4.69) is 4.98 Å². The van der Waals surface area contributed by atoms with Crippen LogP contribution in [0.25, 0.3) is 0 Å². The molecule has 0 spiro atoms. The number of hydrogen-bond acceptors (Lipinski definition) is 3. The van der Waals surface area contributed by atoms with Crippen molar-refractivity contribution in [1.82, 2.24) is 4.98 Å². The number of allylic oxidation sites excluding steroid dienone is 1. The predicted molar refractivity (Wildman–Crippen MR) is 56.7 cm³/mol. The lowest BCUT2D eigenvalue weighted by atomic mass is 10.1. The van der Waals surface area contributed by atoms with Gasteiger partial charge in [0.15, 0.2) is 5.76 Å². The highest BCUT2D eigenvalue weighted by Gasteiger charge is 2.17. The van der Waals surface area contributed by atoms with Gasteiger partial charge >= 0.3 is 0 Å². The zero-order chi connectivity index (χ0) is 10.8. The number of nitrogens with zero attached hydrogens (tertiary/aromatic N) is 1. The van der Waals surface area contributed by atoms with E-state index in [1.54, 1.807) is 12.1 Å². The Balaban J connectivity index is 2.32. The van der Waals surface area contributed by atoms with Gasteiger partial charge in [0.2, 0.25) is 5.78 Å². The Labute approximate surface area is 88.8 Å². The van der Waals surface area contributed by atoms with Crippen LogP contribution in [0.5, 0.6) is 0 Å². The van der Waals surface area contributed by atoms with E-state index in [-0.39, 0.29) is 5.78 Å². The number of carbonyl (C=O) groups excluding carboxylic acids is 1. The quantitative estimate of drug-likeness (QED) is 0.691. The molecule has 0 radical (unpaired) electrons. The maximum atomic E-state index is 11.9. The second-order valence-electron chi connectivity index (χ2n) is 3.67. The number of rotatable bonds is 2. The average Bonchev–Trinajstić information content (AvgIpc) is 2.67. The Bertz CT molecular complexity index is 415. The van der Waals surface area contributed by atoms with Gasteiger partial charge in [0, 0.05) is 23.4 Å². The van der Waals surface area contributed by atoms with E-state index in [1.807, 2.05) is 19.9 Å². The van der Waals surface area contributed by atoms with Gasteiger partial charge in [-0.3, -0.25) is 9.78 Å². The molecule has 1 aliphatic heterocycles. The van der Waals surface area contributed by atoms with E-state index in [1.165, 1.54) is 0 Å². The van der Waals surface area contributed by atoms with E-state index in [4.69, 9.17) is 4.74 Å². The van der Waals surface area contributed by atoms with Gasteiger partial charge in [-0.25, -0.2) is 0 Å². The summed E-state index contributed by atoms with van der Waals surface area (Å²) >= 11 is 0. The summed E-state index contributed by atoms with van der Waals surface area (Å²) in [6.07, 6.45) is 2.66. The van der Waals surface area contributed by atoms with Crippen molar-refractivity contribution in [2.45, 2.75) is 20.3 Å². The minimum atomic E-state index is -0.0406. The van der Waals surface area contributed by atoms with Crippen molar-refractivity contribution in [2.75, 3.05) is 6.61 Å². The van der Waals surface area contributed by atoms with Crippen molar-refractivity contribution >= 4 is 5.78 Å². The standard InChI is InChI=1S/C12H13NO2/c1-8-6-10(7-9(2)13-8)12(14)11-4-3-5-15-11/h4,6-7H,3,5H2,1-2H3. The molecule has 2 heterocycles. The number of aromatic nitrogens is 1. The molecule has 1 aliphatic rings. The van der Waals surface area contributed by atoms with Crippen LogP contribution in [-0.4, -0.2) is 17.4 Å². The fourth-order valence-electron chi connectivity index (χ4n) is 1.68. The monoisotopic (exact) mass is 203 g/mol. The molecule has 2 rings (SSSR count). The van der Waals surface area contributed by atoms with E-state index in [9.17, 15) is 4.79 Å². The molecular formula is C12H13NO2. The van der Waals surface area contributed by atoms with E-state index in [0.717, 1.165) is 17.8 Å². The molecule has 3 heteroatoms. The third-order valence-corrected chi connectivity index (χ3v) is 2.27. The van der Waals surface area contributed by atoms with Gasteiger partial charge in [-0.1, -0.05) is 0 Å². The molecule has 0 aliphatic carbocycles. The molecule has 0 aromatic carbocycles. The Morgan fingerprint density at radius 3 is 2.53 bits per heavy atom. The Morgan fingerprint density at radius 1 is 1.33 bits per heavy atom. The highest BCUT2D eigenvalue weighted by molar-refractivity contribution is 6.07. The lowest BCUT2D eigenvalue weighted by Gasteiger charge is -2.04. The summed E-state index contributed by atoms with van der Waals surface area (Å²) in [7, 11) is 0. The molecule has 15 heavy (non-hydrogen) atoms. The smallest absolute Gasteiger partial charge is 0.227 e. The fourth-order valence-corrected chi connectivity index (χ4v) is 1.68. The topological polar surface area (TPSA) is 39.2 Å². The third kappa shape index (κ3) is 2.06. The normalized spacial score (nSPS) is 14.7. The van der Waals surface area contributed by atoms with Crippen LogP contribution in [0.4, 0.5) is 0 Å². The lowest BCUT2D eigenvalue weighted by Crippen LogP contribution is -2.05. The molecule has 0 unspecified atom stereocenters. The van der Waals surface area contributed by atoms with Gasteiger partial charge in [-0.2, -0.15) is 0 Å². The summed E-state index contributed by atoms with van der Waals surface area (Å²) in [4.78, 5) is 16.2. The summed E-state index contributed by atoms with van der Waals surface area (Å²) < 4.78 is 5.24. The van der Waals surface area contributed by atoms with Crippen molar-refractivity contribution in [1.29, 1.82) is 0 Å². The number of Topliss-reactive ketones (excluding diaryl/α,β-unsaturated/α-hetero) is 1. The largest absolute Gasteiger partial charge is 0.489 e. The summed E-state index contributed by atoms with van der Waals surface area (Å²) in [5.41, 5.74) is 2.38. The first-order valence-corrected chi connectivity index (χ1v) is 5.00. The Hall–Kier alpha value is -1.64. The zero-order valence-corrected chi connectivity index (χ0v) is 8.91. The fraction of sp³-hybridized carbons (Fsp3) is 0.333. The molecule has 0 atom stereocenters. The number of carbonyl (C=O) groups is 1. The van der Waals surface area contributed by atoms with E-state index in [0.29, 0.717) is 17.9 Å². The van der Waals surface area contributed by atoms with Crippen molar-refractivity contribution in [3.05, 3.63) is 40.9 Å². The Kier molecular flexibility index (Phi) is 2.54. The maximum Gasteiger partial charge on any atom is 0.227 e. The first-order valence-electron chi connectivity index (χ1n) is 5.00. The molecular weight excluding hydrogens is 190 g/mol. The van der Waals surface area contributed by atoms with Crippen molar-refractivity contribution in [2.24, 2.45) is 0 Å². The molecule has 1 aromatic heterocycles. The highest BCUT2D eigenvalue weighted by atomic mass is 16.5. The molecule has 0 saturated carbocycles. The highest BCUT2D eigenvalue weighted by Crippen LogP contribution is 2.16. The van der Waals surface area contributed by atoms with Crippen LogP contribution in [0.3, 0.4) is 0 Å². The second kappa shape index (κ2) is 3.85. The molecule has 0 saturated heterocycles. The second-order valence-corrected chi connectivity index (χ2v) is 3.67.